The van der Waals surface area contributed by atoms with E-state index in [0.29, 0.717) is 18.4 Å². The summed E-state index contributed by atoms with van der Waals surface area (Å²) in [6.45, 7) is 5.37. The van der Waals surface area contributed by atoms with E-state index < -0.39 is 0 Å². The van der Waals surface area contributed by atoms with Gasteiger partial charge in [0, 0.05) is 25.0 Å². The maximum atomic E-state index is 12.7. The number of nitrogens with one attached hydrogen (secondary N) is 1. The van der Waals surface area contributed by atoms with E-state index in [1.165, 1.54) is 51.4 Å². The molecule has 0 radical (unpaired) electrons. The van der Waals surface area contributed by atoms with Crippen molar-refractivity contribution in [3.63, 3.8) is 0 Å². The second kappa shape index (κ2) is 9.29. The first-order valence-electron chi connectivity index (χ1n) is 11.6. The number of likely N-dealkylation sites (tertiary alicyclic amines) is 1. The van der Waals surface area contributed by atoms with Crippen molar-refractivity contribution in [1.29, 1.82) is 0 Å². The minimum atomic E-state index is -0.0754. The number of para-hydroxylation sites is 1. The average Bonchev–Trinajstić information content (AvgIpc) is 2.79. The number of hydrogen-bond donors (Lipinski definition) is 1. The lowest BCUT2D eigenvalue weighted by atomic mass is 9.79. The summed E-state index contributed by atoms with van der Waals surface area (Å²) < 4.78 is 1.56. The highest BCUT2D eigenvalue weighted by Gasteiger charge is 2.38. The fourth-order valence-electron chi connectivity index (χ4n) is 5.25. The summed E-state index contributed by atoms with van der Waals surface area (Å²) in [5, 5.41) is 3.83. The fraction of sp³-hybridized carbons (Fsp3) is 0.625. The van der Waals surface area contributed by atoms with Crippen LogP contribution in [0.4, 0.5) is 0 Å². The number of carbonyl (C=O) groups is 1. The minimum Gasteiger partial charge on any atom is -0.354 e. The van der Waals surface area contributed by atoms with Crippen LogP contribution < -0.4 is 10.9 Å². The highest BCUT2D eigenvalue weighted by atomic mass is 16.2. The molecule has 1 aromatic heterocycles. The Morgan fingerprint density at radius 3 is 2.60 bits per heavy atom. The van der Waals surface area contributed by atoms with Crippen LogP contribution in [0.25, 0.3) is 10.9 Å². The van der Waals surface area contributed by atoms with Crippen molar-refractivity contribution in [1.82, 2.24) is 19.8 Å². The molecule has 1 saturated heterocycles. The molecule has 4 rings (SSSR count). The molecule has 1 amide bonds. The maximum Gasteiger partial charge on any atom is 0.261 e. The number of fused-ring (bicyclic) bond motifs is 1. The van der Waals surface area contributed by atoms with E-state index in [1.807, 2.05) is 19.1 Å². The Labute approximate surface area is 178 Å². The molecule has 1 aliphatic heterocycles. The lowest BCUT2D eigenvalue weighted by Gasteiger charge is -2.48. The number of benzene rings is 1. The van der Waals surface area contributed by atoms with Crippen LogP contribution in [-0.2, 0) is 11.3 Å². The van der Waals surface area contributed by atoms with Crippen molar-refractivity contribution in [3.05, 3.63) is 40.4 Å². The van der Waals surface area contributed by atoms with Crippen molar-refractivity contribution in [2.45, 2.75) is 76.8 Å². The molecule has 30 heavy (non-hydrogen) atoms. The largest absolute Gasteiger partial charge is 0.354 e. The van der Waals surface area contributed by atoms with Gasteiger partial charge in [-0.25, -0.2) is 4.98 Å². The summed E-state index contributed by atoms with van der Waals surface area (Å²) in [5.74, 6) is 0.0215. The molecular formula is C24H34N4O2. The van der Waals surface area contributed by atoms with Gasteiger partial charge in [-0.05, 0) is 57.3 Å². The van der Waals surface area contributed by atoms with Gasteiger partial charge in [0.1, 0.15) is 0 Å². The van der Waals surface area contributed by atoms with E-state index in [2.05, 4.69) is 15.2 Å². The Hall–Kier alpha value is -2.21. The standard InChI is InChI=1S/C24H34N4O2/c1-19-9-8-10-20-22(19)26-18-27(23(20)30)16-11-21(29)25-17-24(12-4-2-5-13-24)28-14-6-3-7-15-28/h8-10,18H,2-7,11-17H2,1H3,(H,25,29). The zero-order valence-electron chi connectivity index (χ0n) is 18.2. The number of aryl methyl sites for hydroxylation is 2. The Bertz CT molecular complexity index is 940. The molecule has 6 heteroatoms. The Morgan fingerprint density at radius 1 is 1.10 bits per heavy atom. The zero-order chi connectivity index (χ0) is 21.0. The monoisotopic (exact) mass is 410 g/mol. The van der Waals surface area contributed by atoms with Crippen molar-refractivity contribution in [2.75, 3.05) is 19.6 Å². The lowest BCUT2D eigenvalue weighted by Crippen LogP contribution is -2.58. The van der Waals surface area contributed by atoms with Crippen LogP contribution in [0, 0.1) is 6.92 Å². The number of rotatable bonds is 6. The topological polar surface area (TPSA) is 67.2 Å². The Kier molecular flexibility index (Phi) is 6.52. The summed E-state index contributed by atoms with van der Waals surface area (Å²) in [7, 11) is 0. The van der Waals surface area contributed by atoms with Crippen LogP contribution in [0.5, 0.6) is 0 Å². The quantitative estimate of drug-likeness (QED) is 0.793. The predicted octanol–water partition coefficient (Wildman–Crippen LogP) is 3.40. The molecule has 6 nitrogen and oxygen atoms in total. The van der Waals surface area contributed by atoms with Crippen molar-refractivity contribution in [3.8, 4) is 0 Å². The van der Waals surface area contributed by atoms with E-state index in [0.717, 1.165) is 30.7 Å². The summed E-state index contributed by atoms with van der Waals surface area (Å²) >= 11 is 0. The second-order valence-corrected chi connectivity index (χ2v) is 9.07. The first-order valence-corrected chi connectivity index (χ1v) is 11.6. The number of hydrogen-bond acceptors (Lipinski definition) is 4. The number of piperidine rings is 1. The lowest BCUT2D eigenvalue weighted by molar-refractivity contribution is -0.122. The first-order chi connectivity index (χ1) is 14.6. The van der Waals surface area contributed by atoms with Gasteiger partial charge in [0.2, 0.25) is 5.91 Å². The average molecular weight is 411 g/mol. The Morgan fingerprint density at radius 2 is 1.83 bits per heavy atom. The Balaban J connectivity index is 1.38. The number of nitrogens with zero attached hydrogens (tertiary/aromatic N) is 3. The molecule has 2 fully saturated rings. The van der Waals surface area contributed by atoms with Crippen molar-refractivity contribution in [2.24, 2.45) is 0 Å². The molecule has 1 saturated carbocycles. The van der Waals surface area contributed by atoms with Gasteiger partial charge in [0.15, 0.2) is 0 Å². The molecular weight excluding hydrogens is 376 g/mol. The molecule has 2 aromatic rings. The van der Waals surface area contributed by atoms with Crippen LogP contribution in [0.3, 0.4) is 0 Å². The van der Waals surface area contributed by atoms with E-state index in [-0.39, 0.29) is 17.0 Å². The van der Waals surface area contributed by atoms with E-state index >= 15 is 0 Å². The predicted molar refractivity (Wildman–Crippen MR) is 120 cm³/mol. The highest BCUT2D eigenvalue weighted by Crippen LogP contribution is 2.35. The van der Waals surface area contributed by atoms with E-state index in [1.54, 1.807) is 17.0 Å². The zero-order valence-corrected chi connectivity index (χ0v) is 18.2. The molecule has 2 aliphatic rings. The van der Waals surface area contributed by atoms with Crippen LogP contribution >= 0.6 is 0 Å². The molecule has 0 atom stereocenters. The molecule has 1 aromatic carbocycles. The summed E-state index contributed by atoms with van der Waals surface area (Å²) in [5.41, 5.74) is 1.79. The van der Waals surface area contributed by atoms with Crippen molar-refractivity contribution < 1.29 is 4.79 Å². The molecule has 0 bridgehead atoms. The molecule has 162 valence electrons. The van der Waals surface area contributed by atoms with Gasteiger partial charge < -0.3 is 5.32 Å². The fourth-order valence-corrected chi connectivity index (χ4v) is 5.25. The van der Waals surface area contributed by atoms with Crippen LogP contribution in [0.1, 0.15) is 63.4 Å². The van der Waals surface area contributed by atoms with Gasteiger partial charge >= 0.3 is 0 Å². The highest BCUT2D eigenvalue weighted by molar-refractivity contribution is 5.80. The van der Waals surface area contributed by atoms with Gasteiger partial charge in [0.05, 0.1) is 17.2 Å². The van der Waals surface area contributed by atoms with Gasteiger partial charge in [-0.1, -0.05) is 37.8 Å². The maximum absolute atomic E-state index is 12.7. The third kappa shape index (κ3) is 4.43. The summed E-state index contributed by atoms with van der Waals surface area (Å²) in [6, 6.07) is 5.64. The molecule has 0 unspecified atom stereocenters. The number of amides is 1. The number of aromatic nitrogens is 2. The first kappa shape index (κ1) is 21.0. The van der Waals surface area contributed by atoms with Crippen LogP contribution in [0.15, 0.2) is 29.3 Å². The second-order valence-electron chi connectivity index (χ2n) is 9.07. The molecule has 1 N–H and O–H groups in total. The summed E-state index contributed by atoms with van der Waals surface area (Å²) in [4.78, 5) is 32.5. The third-order valence-corrected chi connectivity index (χ3v) is 7.06. The SMILES string of the molecule is Cc1cccc2c(=O)n(CCC(=O)NCC3(N4CCCCC4)CCCCC3)cnc12. The number of carbonyl (C=O) groups excluding carboxylic acids is 1. The normalized spacial score (nSPS) is 19.6. The summed E-state index contributed by atoms with van der Waals surface area (Å²) in [6.07, 6.45) is 11.9. The van der Waals surface area contributed by atoms with Gasteiger partial charge in [-0.15, -0.1) is 0 Å². The van der Waals surface area contributed by atoms with Crippen LogP contribution in [-0.4, -0.2) is 45.5 Å². The van der Waals surface area contributed by atoms with Crippen molar-refractivity contribution >= 4 is 16.8 Å². The molecule has 2 heterocycles. The minimum absolute atomic E-state index is 0.0215. The van der Waals surface area contributed by atoms with Gasteiger partial charge in [0.25, 0.3) is 5.56 Å². The van der Waals surface area contributed by atoms with E-state index in [9.17, 15) is 9.59 Å². The van der Waals surface area contributed by atoms with Crippen LogP contribution in [0.2, 0.25) is 0 Å². The third-order valence-electron chi connectivity index (χ3n) is 7.06. The smallest absolute Gasteiger partial charge is 0.261 e. The van der Waals surface area contributed by atoms with E-state index in [4.69, 9.17) is 0 Å². The molecule has 1 aliphatic carbocycles. The van der Waals surface area contributed by atoms with Gasteiger partial charge in [-0.2, -0.15) is 0 Å². The molecule has 0 spiro atoms. The van der Waals surface area contributed by atoms with Gasteiger partial charge in [-0.3, -0.25) is 19.1 Å².